The van der Waals surface area contributed by atoms with Gasteiger partial charge in [-0.3, -0.25) is 24.6 Å². The number of amides is 2. The number of carbonyl (C=O) groups is 2. The lowest BCUT2D eigenvalue weighted by Crippen LogP contribution is -2.32. The van der Waals surface area contributed by atoms with Crippen molar-refractivity contribution in [1.29, 1.82) is 0 Å². The summed E-state index contributed by atoms with van der Waals surface area (Å²) in [4.78, 5) is 37.0. The summed E-state index contributed by atoms with van der Waals surface area (Å²) in [7, 11) is 0. The summed E-state index contributed by atoms with van der Waals surface area (Å²) >= 11 is 0.879. The molecule has 0 atom stereocenters. The van der Waals surface area contributed by atoms with Gasteiger partial charge in [0.05, 0.1) is 16.4 Å². The third-order valence-corrected chi connectivity index (χ3v) is 5.78. The Morgan fingerprint density at radius 2 is 1.78 bits per heavy atom. The maximum atomic E-state index is 12.8. The highest BCUT2D eigenvalue weighted by Gasteiger charge is 2.35. The molecule has 162 valence electrons. The molecule has 2 amide bonds. The summed E-state index contributed by atoms with van der Waals surface area (Å²) in [5.41, 5.74) is 2.50. The lowest BCUT2D eigenvalue weighted by atomic mass is 10.2. The van der Waals surface area contributed by atoms with Crippen molar-refractivity contribution in [3.8, 4) is 11.4 Å². The number of rotatable bonds is 7. The Labute approximate surface area is 188 Å². The Morgan fingerprint density at radius 1 is 1.06 bits per heavy atom. The first-order chi connectivity index (χ1) is 15.4. The number of imide groups is 1. The van der Waals surface area contributed by atoms with Crippen LogP contribution in [0.15, 0.2) is 71.8 Å². The third-order valence-electron chi connectivity index (χ3n) is 4.88. The minimum atomic E-state index is -0.459. The molecule has 0 unspecified atom stereocenters. The quantitative estimate of drug-likeness (QED) is 0.292. The highest BCUT2D eigenvalue weighted by atomic mass is 32.2. The van der Waals surface area contributed by atoms with E-state index in [1.807, 2.05) is 31.2 Å². The van der Waals surface area contributed by atoms with E-state index in [0.29, 0.717) is 22.0 Å². The highest BCUT2D eigenvalue weighted by Crippen LogP contribution is 2.32. The molecule has 0 bridgehead atoms. The van der Waals surface area contributed by atoms with Crippen LogP contribution in [0.25, 0.3) is 11.8 Å². The van der Waals surface area contributed by atoms with Crippen LogP contribution in [0, 0.1) is 17.0 Å². The molecule has 0 radical (unpaired) electrons. The Balaban J connectivity index is 1.45. The summed E-state index contributed by atoms with van der Waals surface area (Å²) < 4.78 is 7.43. The fourth-order valence-electron chi connectivity index (χ4n) is 3.20. The average molecular weight is 449 g/mol. The number of hydrogen-bond acceptors (Lipinski definition) is 6. The van der Waals surface area contributed by atoms with Gasteiger partial charge in [-0.05, 0) is 61.2 Å². The molecule has 1 aromatic heterocycles. The summed E-state index contributed by atoms with van der Waals surface area (Å²) in [5.74, 6) is 0.308. The van der Waals surface area contributed by atoms with Crippen molar-refractivity contribution in [2.24, 2.45) is 0 Å². The van der Waals surface area contributed by atoms with E-state index >= 15 is 0 Å². The molecule has 8 nitrogen and oxygen atoms in total. The van der Waals surface area contributed by atoms with Gasteiger partial charge in [0.1, 0.15) is 12.4 Å². The molecule has 1 aliphatic rings. The second-order valence-electron chi connectivity index (χ2n) is 7.07. The number of thioether (sulfide) groups is 1. The number of nitrogens with zero attached hydrogens (tertiary/aromatic N) is 3. The number of ether oxygens (including phenoxy) is 1. The van der Waals surface area contributed by atoms with Crippen molar-refractivity contribution in [2.45, 2.75) is 6.92 Å². The zero-order chi connectivity index (χ0) is 22.7. The van der Waals surface area contributed by atoms with Crippen molar-refractivity contribution in [3.05, 3.63) is 93.1 Å². The Hall–Kier alpha value is -3.85. The minimum Gasteiger partial charge on any atom is -0.492 e. The molecule has 3 aromatic rings. The van der Waals surface area contributed by atoms with E-state index in [9.17, 15) is 19.7 Å². The Bertz CT molecular complexity index is 1200. The minimum absolute atomic E-state index is 0.00330. The monoisotopic (exact) mass is 449 g/mol. The van der Waals surface area contributed by atoms with Crippen molar-refractivity contribution in [2.75, 3.05) is 13.2 Å². The molecular weight excluding hydrogens is 430 g/mol. The van der Waals surface area contributed by atoms with Crippen molar-refractivity contribution < 1.29 is 19.2 Å². The van der Waals surface area contributed by atoms with Crippen LogP contribution in [0.2, 0.25) is 0 Å². The fourth-order valence-corrected chi connectivity index (χ4v) is 4.05. The van der Waals surface area contributed by atoms with Gasteiger partial charge < -0.3 is 9.30 Å². The van der Waals surface area contributed by atoms with Gasteiger partial charge in [-0.15, -0.1) is 0 Å². The van der Waals surface area contributed by atoms with E-state index in [2.05, 4.69) is 0 Å². The van der Waals surface area contributed by atoms with E-state index < -0.39 is 4.92 Å². The van der Waals surface area contributed by atoms with E-state index in [1.165, 1.54) is 17.0 Å². The predicted molar refractivity (Wildman–Crippen MR) is 122 cm³/mol. The molecule has 0 aliphatic carbocycles. The molecule has 1 fully saturated rings. The van der Waals surface area contributed by atoms with Crippen LogP contribution in [0.4, 0.5) is 10.5 Å². The van der Waals surface area contributed by atoms with Crippen LogP contribution in [0.3, 0.4) is 0 Å². The van der Waals surface area contributed by atoms with Crippen LogP contribution in [-0.2, 0) is 4.79 Å². The number of aryl methyl sites for hydroxylation is 1. The summed E-state index contributed by atoms with van der Waals surface area (Å²) in [6.07, 6.45) is 3.43. The average Bonchev–Trinajstić information content (AvgIpc) is 3.35. The summed E-state index contributed by atoms with van der Waals surface area (Å²) in [6, 6.07) is 17.2. The van der Waals surface area contributed by atoms with Gasteiger partial charge >= 0.3 is 0 Å². The van der Waals surface area contributed by atoms with Crippen LogP contribution in [0.5, 0.6) is 5.75 Å². The van der Waals surface area contributed by atoms with Crippen molar-refractivity contribution >= 4 is 34.7 Å². The molecule has 9 heteroatoms. The van der Waals surface area contributed by atoms with Crippen LogP contribution in [0.1, 0.15) is 11.3 Å². The Kier molecular flexibility index (Phi) is 6.09. The zero-order valence-corrected chi connectivity index (χ0v) is 18.0. The van der Waals surface area contributed by atoms with Gasteiger partial charge in [0.15, 0.2) is 0 Å². The zero-order valence-electron chi connectivity index (χ0n) is 17.1. The SMILES string of the molecule is Cc1ccc(OCCN2C(=O)S/C(=C\c3cccn3-c3ccc([N+](=O)[O-])cc3)C2=O)cc1. The maximum absolute atomic E-state index is 12.8. The fraction of sp³-hybridized carbons (Fsp3) is 0.130. The topological polar surface area (TPSA) is 94.7 Å². The van der Waals surface area contributed by atoms with Gasteiger partial charge in [0.25, 0.3) is 16.8 Å². The van der Waals surface area contributed by atoms with E-state index in [1.54, 1.807) is 41.1 Å². The molecule has 1 aliphatic heterocycles. The van der Waals surface area contributed by atoms with Crippen LogP contribution < -0.4 is 4.74 Å². The first-order valence-electron chi connectivity index (χ1n) is 9.79. The smallest absolute Gasteiger partial charge is 0.293 e. The first kappa shape index (κ1) is 21.4. The number of hydrogen-bond donors (Lipinski definition) is 0. The predicted octanol–water partition coefficient (Wildman–Crippen LogP) is 4.81. The normalized spacial score (nSPS) is 14.9. The number of carbonyl (C=O) groups excluding carboxylic acids is 2. The van der Waals surface area contributed by atoms with E-state index in [0.717, 1.165) is 17.3 Å². The van der Waals surface area contributed by atoms with E-state index in [-0.39, 0.29) is 30.0 Å². The Morgan fingerprint density at radius 3 is 2.47 bits per heavy atom. The number of non-ortho nitro benzene ring substituents is 1. The van der Waals surface area contributed by atoms with Gasteiger partial charge in [-0.25, -0.2) is 0 Å². The van der Waals surface area contributed by atoms with Crippen LogP contribution >= 0.6 is 11.8 Å². The largest absolute Gasteiger partial charge is 0.492 e. The molecule has 32 heavy (non-hydrogen) atoms. The lowest BCUT2D eigenvalue weighted by Gasteiger charge is -2.13. The van der Waals surface area contributed by atoms with E-state index in [4.69, 9.17) is 4.74 Å². The number of benzene rings is 2. The molecule has 4 rings (SSSR count). The second-order valence-corrected chi connectivity index (χ2v) is 8.06. The molecule has 2 heterocycles. The van der Waals surface area contributed by atoms with Crippen LogP contribution in [-0.4, -0.2) is 38.7 Å². The number of nitro groups is 1. The number of aromatic nitrogens is 1. The first-order valence-corrected chi connectivity index (χ1v) is 10.6. The molecule has 0 N–H and O–H groups in total. The van der Waals surface area contributed by atoms with Crippen molar-refractivity contribution in [1.82, 2.24) is 9.47 Å². The molecule has 0 spiro atoms. The van der Waals surface area contributed by atoms with Crippen molar-refractivity contribution in [3.63, 3.8) is 0 Å². The van der Waals surface area contributed by atoms with Gasteiger partial charge in [-0.1, -0.05) is 17.7 Å². The standard InChI is InChI=1S/C23H19N3O5S/c1-16-4-10-20(11-5-16)31-14-13-25-22(27)21(32-23(25)28)15-19-3-2-12-24(19)17-6-8-18(9-7-17)26(29)30/h2-12,15H,13-14H2,1H3/b21-15-. The van der Waals surface area contributed by atoms with Gasteiger partial charge in [0.2, 0.25) is 0 Å². The maximum Gasteiger partial charge on any atom is 0.293 e. The number of nitro benzene ring substituents is 1. The van der Waals surface area contributed by atoms with Gasteiger partial charge in [-0.2, -0.15) is 0 Å². The molecular formula is C23H19N3O5S. The van der Waals surface area contributed by atoms with Gasteiger partial charge in [0, 0.05) is 29.7 Å². The summed E-state index contributed by atoms with van der Waals surface area (Å²) in [6.45, 7) is 2.33. The molecule has 0 saturated carbocycles. The summed E-state index contributed by atoms with van der Waals surface area (Å²) in [5, 5.41) is 10.5. The second kappa shape index (κ2) is 9.11. The molecule has 1 saturated heterocycles. The lowest BCUT2D eigenvalue weighted by molar-refractivity contribution is -0.384. The highest BCUT2D eigenvalue weighted by molar-refractivity contribution is 8.18. The third kappa shape index (κ3) is 4.57. The molecule has 2 aromatic carbocycles.